The van der Waals surface area contributed by atoms with Crippen molar-refractivity contribution in [3.8, 4) is 17.2 Å². The minimum Gasteiger partial charge on any atom is -0.497 e. The Bertz CT molecular complexity index is 1150. The third kappa shape index (κ3) is 5.94. The standard InChI is InChI=1S/C26H23NO4S2/c1-29-21-11-13-22(14-12-21)30-15-6-16-31-23-10-5-7-19(17-23)18-24-25(28)27(26(32)33-24)20-8-3-2-4-9-20/h2-5,7-14,17-18H,6,15-16H2,1H3. The van der Waals surface area contributed by atoms with Gasteiger partial charge in [-0.3, -0.25) is 9.69 Å². The van der Waals surface area contributed by atoms with E-state index < -0.39 is 0 Å². The molecule has 7 heteroatoms. The van der Waals surface area contributed by atoms with Crippen molar-refractivity contribution in [2.24, 2.45) is 0 Å². The Hall–Kier alpha value is -3.29. The van der Waals surface area contributed by atoms with E-state index in [1.165, 1.54) is 11.8 Å². The number of hydrogen-bond acceptors (Lipinski definition) is 6. The van der Waals surface area contributed by atoms with Gasteiger partial charge in [0.15, 0.2) is 4.32 Å². The van der Waals surface area contributed by atoms with Gasteiger partial charge in [0, 0.05) is 6.42 Å². The van der Waals surface area contributed by atoms with Gasteiger partial charge in [0.2, 0.25) is 0 Å². The van der Waals surface area contributed by atoms with Gasteiger partial charge in [-0.15, -0.1) is 0 Å². The number of carbonyl (C=O) groups is 1. The number of anilines is 1. The molecule has 1 aliphatic rings. The van der Waals surface area contributed by atoms with Crippen LogP contribution < -0.4 is 19.1 Å². The van der Waals surface area contributed by atoms with Gasteiger partial charge in [-0.2, -0.15) is 0 Å². The van der Waals surface area contributed by atoms with Crippen LogP contribution in [0.15, 0.2) is 83.8 Å². The number of thiocarbonyl (C=S) groups is 1. The minimum atomic E-state index is -0.113. The number of hydrogen-bond donors (Lipinski definition) is 0. The Morgan fingerprint density at radius 3 is 2.30 bits per heavy atom. The van der Waals surface area contributed by atoms with E-state index in [1.807, 2.05) is 84.9 Å². The lowest BCUT2D eigenvalue weighted by Crippen LogP contribution is -2.27. The number of amides is 1. The first kappa shape index (κ1) is 22.9. The number of methoxy groups -OCH3 is 1. The lowest BCUT2D eigenvalue weighted by atomic mass is 10.2. The lowest BCUT2D eigenvalue weighted by molar-refractivity contribution is -0.113. The summed E-state index contributed by atoms with van der Waals surface area (Å²) in [5, 5.41) is 0. The Kier molecular flexibility index (Phi) is 7.65. The number of rotatable bonds is 9. The summed E-state index contributed by atoms with van der Waals surface area (Å²) in [4.78, 5) is 15.1. The molecule has 1 aliphatic heterocycles. The van der Waals surface area contributed by atoms with Crippen molar-refractivity contribution in [2.75, 3.05) is 25.2 Å². The summed E-state index contributed by atoms with van der Waals surface area (Å²) in [6, 6.07) is 24.6. The average molecular weight is 478 g/mol. The van der Waals surface area contributed by atoms with Crippen LogP contribution in [0.2, 0.25) is 0 Å². The first-order valence-corrected chi connectivity index (χ1v) is 11.7. The van der Waals surface area contributed by atoms with Crippen molar-refractivity contribution in [1.82, 2.24) is 0 Å². The summed E-state index contributed by atoms with van der Waals surface area (Å²) in [5.74, 6) is 2.23. The van der Waals surface area contributed by atoms with Gasteiger partial charge in [-0.1, -0.05) is 54.3 Å². The maximum atomic E-state index is 12.9. The van der Waals surface area contributed by atoms with E-state index in [-0.39, 0.29) is 5.91 Å². The number of thioether (sulfide) groups is 1. The molecular weight excluding hydrogens is 454 g/mol. The molecule has 0 atom stereocenters. The van der Waals surface area contributed by atoms with Crippen LogP contribution in [-0.2, 0) is 4.79 Å². The maximum absolute atomic E-state index is 12.9. The maximum Gasteiger partial charge on any atom is 0.270 e. The molecule has 0 aliphatic carbocycles. The average Bonchev–Trinajstić information content (AvgIpc) is 3.12. The van der Waals surface area contributed by atoms with Gasteiger partial charge < -0.3 is 14.2 Å². The second-order valence-electron chi connectivity index (χ2n) is 7.15. The van der Waals surface area contributed by atoms with Gasteiger partial charge in [-0.25, -0.2) is 0 Å². The third-order valence-electron chi connectivity index (χ3n) is 4.85. The highest BCUT2D eigenvalue weighted by Gasteiger charge is 2.33. The number of carbonyl (C=O) groups excluding carboxylic acids is 1. The van der Waals surface area contributed by atoms with E-state index in [0.29, 0.717) is 22.4 Å². The molecule has 0 spiro atoms. The number of benzene rings is 3. The normalized spacial score (nSPS) is 14.6. The monoisotopic (exact) mass is 477 g/mol. The molecule has 1 heterocycles. The molecule has 0 unspecified atom stereocenters. The van der Waals surface area contributed by atoms with Crippen LogP contribution in [0, 0.1) is 0 Å². The molecular formula is C26H23NO4S2. The molecule has 0 N–H and O–H groups in total. The van der Waals surface area contributed by atoms with Crippen molar-refractivity contribution in [3.05, 3.63) is 89.3 Å². The lowest BCUT2D eigenvalue weighted by Gasteiger charge is -2.13. The molecule has 0 aromatic heterocycles. The van der Waals surface area contributed by atoms with Gasteiger partial charge in [0.05, 0.1) is 30.9 Å². The van der Waals surface area contributed by atoms with Crippen LogP contribution in [0.4, 0.5) is 5.69 Å². The van der Waals surface area contributed by atoms with E-state index in [0.717, 1.165) is 34.9 Å². The molecule has 3 aromatic carbocycles. The zero-order valence-corrected chi connectivity index (χ0v) is 19.7. The highest BCUT2D eigenvalue weighted by molar-refractivity contribution is 8.27. The zero-order chi connectivity index (χ0) is 23.0. The Morgan fingerprint density at radius 2 is 1.58 bits per heavy atom. The quantitative estimate of drug-likeness (QED) is 0.216. The van der Waals surface area contributed by atoms with E-state index in [2.05, 4.69) is 0 Å². The minimum absolute atomic E-state index is 0.113. The first-order valence-electron chi connectivity index (χ1n) is 10.5. The fourth-order valence-corrected chi connectivity index (χ4v) is 4.52. The van der Waals surface area contributed by atoms with E-state index in [1.54, 1.807) is 12.0 Å². The molecule has 0 radical (unpaired) electrons. The zero-order valence-electron chi connectivity index (χ0n) is 18.1. The summed E-state index contributed by atoms with van der Waals surface area (Å²) in [6.45, 7) is 1.07. The molecule has 3 aromatic rings. The van der Waals surface area contributed by atoms with Crippen molar-refractivity contribution in [2.45, 2.75) is 6.42 Å². The topological polar surface area (TPSA) is 48.0 Å². The van der Waals surface area contributed by atoms with Crippen molar-refractivity contribution >= 4 is 46.0 Å². The van der Waals surface area contributed by atoms with Crippen molar-refractivity contribution in [3.63, 3.8) is 0 Å². The summed E-state index contributed by atoms with van der Waals surface area (Å²) >= 11 is 6.74. The molecule has 1 saturated heterocycles. The fourth-order valence-electron chi connectivity index (χ4n) is 3.22. The molecule has 1 amide bonds. The summed E-state index contributed by atoms with van der Waals surface area (Å²) in [7, 11) is 1.64. The van der Waals surface area contributed by atoms with Crippen LogP contribution in [-0.4, -0.2) is 30.6 Å². The molecule has 33 heavy (non-hydrogen) atoms. The number of para-hydroxylation sites is 1. The van der Waals surface area contributed by atoms with Gasteiger partial charge in [-0.05, 0) is 60.2 Å². The van der Waals surface area contributed by atoms with Crippen LogP contribution >= 0.6 is 24.0 Å². The fraction of sp³-hybridized carbons (Fsp3) is 0.154. The Balaban J connectivity index is 1.31. The smallest absolute Gasteiger partial charge is 0.270 e. The molecule has 168 valence electrons. The van der Waals surface area contributed by atoms with Gasteiger partial charge in [0.1, 0.15) is 17.2 Å². The summed E-state index contributed by atoms with van der Waals surface area (Å²) in [6.07, 6.45) is 2.59. The Labute approximate surface area is 203 Å². The SMILES string of the molecule is COc1ccc(OCCCOc2cccc(C=C3SC(=S)N(c4ccccc4)C3=O)c2)cc1. The van der Waals surface area contributed by atoms with Crippen LogP contribution in [0.3, 0.4) is 0 Å². The predicted octanol–water partition coefficient (Wildman–Crippen LogP) is 5.95. The number of ether oxygens (including phenoxy) is 3. The highest BCUT2D eigenvalue weighted by Crippen LogP contribution is 2.36. The van der Waals surface area contributed by atoms with Crippen LogP contribution in [0.1, 0.15) is 12.0 Å². The van der Waals surface area contributed by atoms with Gasteiger partial charge >= 0.3 is 0 Å². The summed E-state index contributed by atoms with van der Waals surface area (Å²) < 4.78 is 17.3. The molecule has 5 nitrogen and oxygen atoms in total. The highest BCUT2D eigenvalue weighted by atomic mass is 32.2. The second kappa shape index (κ2) is 11.0. The van der Waals surface area contributed by atoms with E-state index >= 15 is 0 Å². The van der Waals surface area contributed by atoms with E-state index in [9.17, 15) is 4.79 Å². The predicted molar refractivity (Wildman–Crippen MR) is 137 cm³/mol. The largest absolute Gasteiger partial charge is 0.497 e. The summed E-state index contributed by atoms with van der Waals surface area (Å²) in [5.41, 5.74) is 1.66. The van der Waals surface area contributed by atoms with Crippen LogP contribution in [0.5, 0.6) is 17.2 Å². The molecule has 4 rings (SSSR count). The van der Waals surface area contributed by atoms with Crippen molar-refractivity contribution in [1.29, 1.82) is 0 Å². The van der Waals surface area contributed by atoms with Crippen LogP contribution in [0.25, 0.3) is 6.08 Å². The first-order chi connectivity index (χ1) is 16.1. The van der Waals surface area contributed by atoms with Gasteiger partial charge in [0.25, 0.3) is 5.91 Å². The second-order valence-corrected chi connectivity index (χ2v) is 8.83. The number of nitrogens with zero attached hydrogens (tertiary/aromatic N) is 1. The third-order valence-corrected chi connectivity index (χ3v) is 6.15. The molecule has 0 saturated carbocycles. The van der Waals surface area contributed by atoms with E-state index in [4.69, 9.17) is 26.4 Å². The molecule has 1 fully saturated rings. The molecule has 0 bridgehead atoms. The Morgan fingerprint density at radius 1 is 0.879 bits per heavy atom. The van der Waals surface area contributed by atoms with Crippen molar-refractivity contribution < 1.29 is 19.0 Å².